The van der Waals surface area contributed by atoms with Gasteiger partial charge in [0.05, 0.1) is 6.07 Å². The van der Waals surface area contributed by atoms with E-state index < -0.39 is 0 Å². The van der Waals surface area contributed by atoms with Crippen LogP contribution in [0, 0.1) is 18.3 Å². The second-order valence-corrected chi connectivity index (χ2v) is 2.41. The first kappa shape index (κ1) is 7.74. The van der Waals surface area contributed by atoms with E-state index in [1.807, 2.05) is 19.1 Å². The zero-order valence-corrected chi connectivity index (χ0v) is 6.54. The highest BCUT2D eigenvalue weighted by atomic mass is 14.7. The molecule has 0 atom stereocenters. The van der Waals surface area contributed by atoms with Crippen molar-refractivity contribution < 1.29 is 0 Å². The molecular weight excluding hydrogens is 136 g/mol. The average Bonchev–Trinajstić information content (AvgIpc) is 2.03. The molecule has 1 aromatic rings. The smallest absolute Gasteiger partial charge is 0.0625 e. The first-order valence-electron chi connectivity index (χ1n) is 3.62. The van der Waals surface area contributed by atoms with Gasteiger partial charge in [-0.1, -0.05) is 6.07 Å². The van der Waals surface area contributed by atoms with Crippen LogP contribution >= 0.6 is 0 Å². The Labute approximate surface area is 66.5 Å². The lowest BCUT2D eigenvalue weighted by Gasteiger charge is -1.99. The van der Waals surface area contributed by atoms with Crippen LogP contribution in [-0.4, -0.2) is 4.98 Å². The fourth-order valence-corrected chi connectivity index (χ4v) is 0.972. The Kier molecular flexibility index (Phi) is 2.62. The van der Waals surface area contributed by atoms with E-state index in [1.54, 1.807) is 6.20 Å². The number of nitrogens with zero attached hydrogens (tertiary/aromatic N) is 2. The number of nitriles is 1. The van der Waals surface area contributed by atoms with Crippen molar-refractivity contribution in [2.45, 2.75) is 19.8 Å². The van der Waals surface area contributed by atoms with E-state index in [9.17, 15) is 0 Å². The Morgan fingerprint density at radius 1 is 1.64 bits per heavy atom. The van der Waals surface area contributed by atoms with E-state index >= 15 is 0 Å². The highest BCUT2D eigenvalue weighted by Crippen LogP contribution is 2.05. The van der Waals surface area contributed by atoms with E-state index in [1.165, 1.54) is 5.56 Å². The lowest BCUT2D eigenvalue weighted by molar-refractivity contribution is 0.970. The van der Waals surface area contributed by atoms with Gasteiger partial charge in [-0.05, 0) is 25.0 Å². The second kappa shape index (κ2) is 3.72. The van der Waals surface area contributed by atoms with Gasteiger partial charge in [-0.2, -0.15) is 5.26 Å². The molecule has 0 unspecified atom stereocenters. The van der Waals surface area contributed by atoms with Crippen LogP contribution in [0.5, 0.6) is 0 Å². The monoisotopic (exact) mass is 146 g/mol. The minimum absolute atomic E-state index is 0.576. The maximum Gasteiger partial charge on any atom is 0.0625 e. The molecule has 0 aromatic carbocycles. The van der Waals surface area contributed by atoms with Crippen LogP contribution < -0.4 is 0 Å². The molecule has 0 N–H and O–H groups in total. The molecule has 1 heterocycles. The van der Waals surface area contributed by atoms with Gasteiger partial charge >= 0.3 is 0 Å². The van der Waals surface area contributed by atoms with Crippen LogP contribution in [0.15, 0.2) is 18.3 Å². The Bertz CT molecular complexity index is 273. The van der Waals surface area contributed by atoms with Gasteiger partial charge in [0.25, 0.3) is 0 Å². The van der Waals surface area contributed by atoms with E-state index in [2.05, 4.69) is 11.1 Å². The standard InChI is InChI=1S/C9H10N2/c1-8-9(4-2-6-10)5-3-7-11-8/h3,5,7H,2,4H2,1H3. The molecule has 0 bridgehead atoms. The fourth-order valence-electron chi connectivity index (χ4n) is 0.972. The Morgan fingerprint density at radius 3 is 3.09 bits per heavy atom. The Balaban J connectivity index is 2.71. The normalized spacial score (nSPS) is 9.09. The predicted molar refractivity (Wildman–Crippen MR) is 42.9 cm³/mol. The van der Waals surface area contributed by atoms with Crippen molar-refractivity contribution in [2.24, 2.45) is 0 Å². The summed E-state index contributed by atoms with van der Waals surface area (Å²) in [6.07, 6.45) is 3.16. The van der Waals surface area contributed by atoms with Crippen molar-refractivity contribution in [3.63, 3.8) is 0 Å². The summed E-state index contributed by atoms with van der Waals surface area (Å²) < 4.78 is 0. The molecule has 0 aliphatic heterocycles. The molecule has 0 saturated carbocycles. The van der Waals surface area contributed by atoms with Crippen molar-refractivity contribution in [2.75, 3.05) is 0 Å². The summed E-state index contributed by atoms with van der Waals surface area (Å²) in [5.74, 6) is 0. The maximum atomic E-state index is 8.35. The van der Waals surface area contributed by atoms with Crippen LogP contribution in [0.2, 0.25) is 0 Å². The van der Waals surface area contributed by atoms with E-state index in [-0.39, 0.29) is 0 Å². The van der Waals surface area contributed by atoms with Gasteiger partial charge in [0.2, 0.25) is 0 Å². The van der Waals surface area contributed by atoms with Gasteiger partial charge in [0.1, 0.15) is 0 Å². The number of aryl methyl sites for hydroxylation is 2. The molecule has 0 radical (unpaired) electrons. The molecule has 0 aliphatic rings. The van der Waals surface area contributed by atoms with E-state index in [4.69, 9.17) is 5.26 Å². The van der Waals surface area contributed by atoms with Crippen molar-refractivity contribution >= 4 is 0 Å². The molecule has 2 heteroatoms. The predicted octanol–water partition coefficient (Wildman–Crippen LogP) is 1.85. The first-order chi connectivity index (χ1) is 5.34. The molecule has 1 aromatic heterocycles. The summed E-state index contributed by atoms with van der Waals surface area (Å²) in [5, 5.41) is 8.35. The van der Waals surface area contributed by atoms with Gasteiger partial charge in [0, 0.05) is 18.3 Å². The van der Waals surface area contributed by atoms with Crippen LogP contribution in [-0.2, 0) is 6.42 Å². The average molecular weight is 146 g/mol. The molecule has 0 amide bonds. The third-order valence-electron chi connectivity index (χ3n) is 1.62. The molecule has 11 heavy (non-hydrogen) atoms. The van der Waals surface area contributed by atoms with Gasteiger partial charge in [0.15, 0.2) is 0 Å². The maximum absolute atomic E-state index is 8.35. The highest BCUT2D eigenvalue weighted by Gasteiger charge is 1.95. The summed E-state index contributed by atoms with van der Waals surface area (Å²) in [4.78, 5) is 4.12. The third-order valence-corrected chi connectivity index (χ3v) is 1.62. The quantitative estimate of drug-likeness (QED) is 0.638. The van der Waals surface area contributed by atoms with Crippen molar-refractivity contribution in [1.29, 1.82) is 5.26 Å². The number of hydrogen-bond acceptors (Lipinski definition) is 2. The second-order valence-electron chi connectivity index (χ2n) is 2.41. The minimum atomic E-state index is 0.576. The summed E-state index contributed by atoms with van der Waals surface area (Å²) in [7, 11) is 0. The van der Waals surface area contributed by atoms with Gasteiger partial charge in [-0.25, -0.2) is 0 Å². The lowest BCUT2D eigenvalue weighted by atomic mass is 10.1. The van der Waals surface area contributed by atoms with Gasteiger partial charge < -0.3 is 0 Å². The molecule has 0 saturated heterocycles. The van der Waals surface area contributed by atoms with E-state index in [0.717, 1.165) is 12.1 Å². The molecule has 1 rings (SSSR count). The molecular formula is C9H10N2. The summed E-state index contributed by atoms with van der Waals surface area (Å²) >= 11 is 0. The lowest BCUT2D eigenvalue weighted by Crippen LogP contribution is -1.90. The molecule has 2 nitrogen and oxygen atoms in total. The first-order valence-corrected chi connectivity index (χ1v) is 3.62. The van der Waals surface area contributed by atoms with Crippen LogP contribution in [0.3, 0.4) is 0 Å². The third kappa shape index (κ3) is 2.05. The van der Waals surface area contributed by atoms with Crippen molar-refractivity contribution in [1.82, 2.24) is 4.98 Å². The minimum Gasteiger partial charge on any atom is -0.261 e. The zero-order valence-electron chi connectivity index (χ0n) is 6.54. The summed E-state index contributed by atoms with van der Waals surface area (Å²) in [6, 6.07) is 6.03. The van der Waals surface area contributed by atoms with Crippen molar-refractivity contribution in [3.8, 4) is 6.07 Å². The Morgan fingerprint density at radius 2 is 2.45 bits per heavy atom. The largest absolute Gasteiger partial charge is 0.261 e. The molecule has 0 aliphatic carbocycles. The Hall–Kier alpha value is -1.36. The SMILES string of the molecule is Cc1ncccc1CCC#N. The van der Waals surface area contributed by atoms with Crippen molar-refractivity contribution in [3.05, 3.63) is 29.6 Å². The highest BCUT2D eigenvalue weighted by molar-refractivity contribution is 5.18. The topological polar surface area (TPSA) is 36.7 Å². The molecule has 0 fully saturated rings. The molecule has 56 valence electrons. The van der Waals surface area contributed by atoms with Crippen LogP contribution in [0.4, 0.5) is 0 Å². The van der Waals surface area contributed by atoms with Gasteiger partial charge in [-0.3, -0.25) is 4.98 Å². The zero-order chi connectivity index (χ0) is 8.10. The van der Waals surface area contributed by atoms with Crippen LogP contribution in [0.25, 0.3) is 0 Å². The summed E-state index contributed by atoms with van der Waals surface area (Å²) in [5.41, 5.74) is 2.21. The van der Waals surface area contributed by atoms with Gasteiger partial charge in [-0.15, -0.1) is 0 Å². The number of hydrogen-bond donors (Lipinski definition) is 0. The van der Waals surface area contributed by atoms with Crippen LogP contribution in [0.1, 0.15) is 17.7 Å². The number of aromatic nitrogens is 1. The number of rotatable bonds is 2. The fraction of sp³-hybridized carbons (Fsp3) is 0.333. The molecule has 0 spiro atoms. The number of pyridine rings is 1. The van der Waals surface area contributed by atoms with E-state index in [0.29, 0.717) is 6.42 Å². The summed E-state index contributed by atoms with van der Waals surface area (Å²) in [6.45, 7) is 1.96.